The van der Waals surface area contributed by atoms with Gasteiger partial charge in [-0.05, 0) is 48.4 Å². The molecule has 1 aliphatic rings. The van der Waals surface area contributed by atoms with Gasteiger partial charge < -0.3 is 16.0 Å². The minimum absolute atomic E-state index is 0.144. The highest BCUT2D eigenvalue weighted by Crippen LogP contribution is 2.25. The Kier molecular flexibility index (Phi) is 8.27. The first-order valence-electron chi connectivity index (χ1n) is 10.6. The first-order valence-corrected chi connectivity index (χ1v) is 10.6. The lowest BCUT2D eigenvalue weighted by molar-refractivity contribution is -0.130. The van der Waals surface area contributed by atoms with Crippen LogP contribution in [0.25, 0.3) is 0 Å². The Balaban J connectivity index is 1.66. The number of aromatic nitrogens is 1. The van der Waals surface area contributed by atoms with Crippen LogP contribution in [-0.2, 0) is 20.9 Å². The molecule has 3 amide bonds. The van der Waals surface area contributed by atoms with Crippen molar-refractivity contribution in [1.82, 2.24) is 20.5 Å². The van der Waals surface area contributed by atoms with E-state index in [0.717, 1.165) is 5.56 Å². The molecule has 3 rings (SSSR count). The van der Waals surface area contributed by atoms with Crippen molar-refractivity contribution >= 4 is 23.4 Å². The van der Waals surface area contributed by atoms with E-state index in [-0.39, 0.29) is 29.5 Å². The molecular weight excluding hydrogens is 413 g/mol. The molecular formula is C23H28FN5O3. The third-order valence-electron chi connectivity index (χ3n) is 5.33. The van der Waals surface area contributed by atoms with Gasteiger partial charge in [0.2, 0.25) is 17.7 Å². The Hall–Kier alpha value is -3.33. The second-order valence-corrected chi connectivity index (χ2v) is 7.95. The number of pyridine rings is 1. The number of nitrogens with one attached hydrogen (secondary N) is 3. The predicted molar refractivity (Wildman–Crippen MR) is 118 cm³/mol. The lowest BCUT2D eigenvalue weighted by atomic mass is 9.87. The molecule has 1 fully saturated rings. The minimum atomic E-state index is -0.401. The molecule has 2 atom stereocenters. The fourth-order valence-electron chi connectivity index (χ4n) is 3.79. The third kappa shape index (κ3) is 7.12. The van der Waals surface area contributed by atoms with Gasteiger partial charge >= 0.3 is 0 Å². The van der Waals surface area contributed by atoms with Crippen molar-refractivity contribution in [2.24, 2.45) is 11.8 Å². The zero-order valence-electron chi connectivity index (χ0n) is 18.0. The van der Waals surface area contributed by atoms with Gasteiger partial charge in [0.25, 0.3) is 0 Å². The summed E-state index contributed by atoms with van der Waals surface area (Å²) in [6, 6.07) is 9.42. The van der Waals surface area contributed by atoms with E-state index in [2.05, 4.69) is 25.8 Å². The number of likely N-dealkylation sites (tertiary alicyclic amines) is 1. The third-order valence-corrected chi connectivity index (χ3v) is 5.33. The molecule has 170 valence electrons. The lowest BCUT2D eigenvalue weighted by Gasteiger charge is -2.36. The van der Waals surface area contributed by atoms with Crippen LogP contribution in [0, 0.1) is 17.7 Å². The first kappa shape index (κ1) is 23.3. The molecule has 0 unspecified atom stereocenters. The maximum Gasteiger partial charge on any atom is 0.228 e. The van der Waals surface area contributed by atoms with Crippen LogP contribution in [0.1, 0.15) is 18.9 Å². The van der Waals surface area contributed by atoms with E-state index in [1.54, 1.807) is 12.4 Å². The molecule has 1 aromatic carbocycles. The van der Waals surface area contributed by atoms with Gasteiger partial charge in [0.1, 0.15) is 5.82 Å². The van der Waals surface area contributed by atoms with Gasteiger partial charge in [-0.2, -0.15) is 0 Å². The number of piperidine rings is 1. The van der Waals surface area contributed by atoms with Crippen LogP contribution in [-0.4, -0.2) is 53.8 Å². The van der Waals surface area contributed by atoms with Gasteiger partial charge in [0.15, 0.2) is 0 Å². The van der Waals surface area contributed by atoms with Crippen LogP contribution in [0.3, 0.4) is 0 Å². The Morgan fingerprint density at radius 2 is 1.59 bits per heavy atom. The van der Waals surface area contributed by atoms with Crippen LogP contribution in [0.5, 0.6) is 0 Å². The summed E-state index contributed by atoms with van der Waals surface area (Å²) in [5.74, 6) is -1.65. The van der Waals surface area contributed by atoms with Crippen molar-refractivity contribution in [2.75, 3.05) is 31.5 Å². The predicted octanol–water partition coefficient (Wildman–Crippen LogP) is 1.55. The molecule has 0 aliphatic carbocycles. The number of carbonyl (C=O) groups is 3. The molecule has 0 bridgehead atoms. The lowest BCUT2D eigenvalue weighted by Crippen LogP contribution is -2.49. The molecule has 0 saturated carbocycles. The number of halogens is 1. The number of carbonyl (C=O) groups excluding carboxylic acids is 3. The summed E-state index contributed by atoms with van der Waals surface area (Å²) in [4.78, 5) is 42.8. The number of hydrogen-bond donors (Lipinski definition) is 3. The molecule has 3 N–H and O–H groups in total. The fourth-order valence-corrected chi connectivity index (χ4v) is 3.79. The quantitative estimate of drug-likeness (QED) is 0.540. The van der Waals surface area contributed by atoms with E-state index in [1.807, 2.05) is 12.1 Å². The molecule has 9 heteroatoms. The fraction of sp³-hybridized carbons (Fsp3) is 0.391. The zero-order valence-corrected chi connectivity index (χ0v) is 18.0. The van der Waals surface area contributed by atoms with Crippen LogP contribution in [0.15, 0.2) is 48.8 Å². The van der Waals surface area contributed by atoms with E-state index >= 15 is 0 Å². The molecule has 0 spiro atoms. The van der Waals surface area contributed by atoms with E-state index in [9.17, 15) is 18.8 Å². The van der Waals surface area contributed by atoms with Crippen molar-refractivity contribution in [2.45, 2.75) is 19.9 Å². The monoisotopic (exact) mass is 441 g/mol. The van der Waals surface area contributed by atoms with Crippen molar-refractivity contribution in [3.05, 3.63) is 60.2 Å². The van der Waals surface area contributed by atoms with Crippen molar-refractivity contribution in [3.8, 4) is 0 Å². The number of rotatable bonds is 8. The molecule has 2 heterocycles. The standard InChI is InChI=1S/C23H28FN5O3/c1-16(30)26-10-11-27-22(31)18-12-19(23(32)28-21-4-2-20(24)3-5-21)15-29(14-18)13-17-6-8-25-9-7-17/h2-9,18-19H,10-15H2,1H3,(H,26,30)(H,27,31)(H,28,32)/t18-,19+/m0/s1. The summed E-state index contributed by atoms with van der Waals surface area (Å²) in [6.07, 6.45) is 3.83. The van der Waals surface area contributed by atoms with E-state index < -0.39 is 5.92 Å². The molecule has 1 saturated heterocycles. The molecule has 32 heavy (non-hydrogen) atoms. The summed E-state index contributed by atoms with van der Waals surface area (Å²) in [5, 5.41) is 8.31. The smallest absolute Gasteiger partial charge is 0.228 e. The minimum Gasteiger partial charge on any atom is -0.355 e. The first-order chi connectivity index (χ1) is 15.4. The average Bonchev–Trinajstić information content (AvgIpc) is 2.78. The van der Waals surface area contributed by atoms with Gasteiger partial charge in [-0.3, -0.25) is 24.3 Å². The van der Waals surface area contributed by atoms with Gasteiger partial charge in [-0.15, -0.1) is 0 Å². The van der Waals surface area contributed by atoms with E-state index in [0.29, 0.717) is 44.8 Å². The van der Waals surface area contributed by atoms with Crippen molar-refractivity contribution < 1.29 is 18.8 Å². The molecule has 8 nitrogen and oxygen atoms in total. The second kappa shape index (κ2) is 11.3. The van der Waals surface area contributed by atoms with Gasteiger partial charge in [-0.1, -0.05) is 0 Å². The van der Waals surface area contributed by atoms with Crippen LogP contribution in [0.4, 0.5) is 10.1 Å². The van der Waals surface area contributed by atoms with Gasteiger partial charge in [-0.25, -0.2) is 4.39 Å². The van der Waals surface area contributed by atoms with Crippen molar-refractivity contribution in [3.63, 3.8) is 0 Å². The number of hydrogen-bond acceptors (Lipinski definition) is 5. The summed E-state index contributed by atoms with van der Waals surface area (Å²) in [7, 11) is 0. The highest BCUT2D eigenvalue weighted by atomic mass is 19.1. The largest absolute Gasteiger partial charge is 0.355 e. The van der Waals surface area contributed by atoms with Crippen LogP contribution >= 0.6 is 0 Å². The Labute approximate surface area is 186 Å². The number of amides is 3. The topological polar surface area (TPSA) is 103 Å². The summed E-state index contributed by atoms with van der Waals surface area (Å²) in [5.41, 5.74) is 1.56. The number of benzene rings is 1. The molecule has 2 aromatic rings. The number of anilines is 1. The second-order valence-electron chi connectivity index (χ2n) is 7.95. The zero-order chi connectivity index (χ0) is 22.9. The summed E-state index contributed by atoms with van der Waals surface area (Å²) >= 11 is 0. The Morgan fingerprint density at radius 3 is 2.25 bits per heavy atom. The van der Waals surface area contributed by atoms with E-state index in [1.165, 1.54) is 31.2 Å². The maximum absolute atomic E-state index is 13.2. The summed E-state index contributed by atoms with van der Waals surface area (Å²) < 4.78 is 13.2. The SMILES string of the molecule is CC(=O)NCCNC(=O)[C@H]1C[C@@H](C(=O)Nc2ccc(F)cc2)CN(Cc2ccncc2)C1. The average molecular weight is 442 g/mol. The Morgan fingerprint density at radius 1 is 0.969 bits per heavy atom. The summed E-state index contributed by atoms with van der Waals surface area (Å²) in [6.45, 7) is 3.72. The van der Waals surface area contributed by atoms with E-state index in [4.69, 9.17) is 0 Å². The highest BCUT2D eigenvalue weighted by Gasteiger charge is 2.35. The van der Waals surface area contributed by atoms with Crippen molar-refractivity contribution in [1.29, 1.82) is 0 Å². The van der Waals surface area contributed by atoms with Crippen LogP contribution < -0.4 is 16.0 Å². The van der Waals surface area contributed by atoms with Gasteiger partial charge in [0.05, 0.1) is 11.8 Å². The molecule has 0 radical (unpaired) electrons. The molecule has 1 aliphatic heterocycles. The number of nitrogens with zero attached hydrogens (tertiary/aromatic N) is 2. The maximum atomic E-state index is 13.2. The van der Waals surface area contributed by atoms with Crippen LogP contribution in [0.2, 0.25) is 0 Å². The van der Waals surface area contributed by atoms with Gasteiger partial charge in [0, 0.05) is 57.7 Å². The normalized spacial score (nSPS) is 18.6. The Bertz CT molecular complexity index is 923. The molecule has 1 aromatic heterocycles. The highest BCUT2D eigenvalue weighted by molar-refractivity contribution is 5.93.